The highest BCUT2D eigenvalue weighted by Crippen LogP contribution is 2.23. The molecular weight excluding hydrogens is 348 g/mol. The minimum atomic E-state index is -3.63. The zero-order valence-electron chi connectivity index (χ0n) is 13.7. The van der Waals surface area contributed by atoms with Gasteiger partial charge in [-0.25, -0.2) is 12.7 Å². The molecule has 0 fully saturated rings. The van der Waals surface area contributed by atoms with Crippen molar-refractivity contribution in [1.82, 2.24) is 9.21 Å². The van der Waals surface area contributed by atoms with Crippen molar-refractivity contribution in [2.75, 3.05) is 21.1 Å². The van der Waals surface area contributed by atoms with Crippen LogP contribution in [0.1, 0.15) is 15.9 Å². The van der Waals surface area contributed by atoms with E-state index in [1.165, 1.54) is 37.2 Å². The molecule has 2 aromatic rings. The van der Waals surface area contributed by atoms with Crippen LogP contribution in [-0.4, -0.2) is 44.7 Å². The predicted octanol–water partition coefficient (Wildman–Crippen LogP) is 2.86. The van der Waals surface area contributed by atoms with E-state index in [1.54, 1.807) is 7.05 Å². The first-order chi connectivity index (χ1) is 11.2. The summed E-state index contributed by atoms with van der Waals surface area (Å²) in [5.41, 5.74) is 1.14. The quantitative estimate of drug-likeness (QED) is 0.817. The number of carbonyl (C=O) groups excluding carboxylic acids is 1. The van der Waals surface area contributed by atoms with Crippen LogP contribution in [0.15, 0.2) is 53.4 Å². The van der Waals surface area contributed by atoms with E-state index in [1.807, 2.05) is 30.3 Å². The number of nitrogens with zero attached hydrogens (tertiary/aromatic N) is 2. The monoisotopic (exact) mass is 366 g/mol. The molecule has 0 saturated carbocycles. The molecule has 0 unspecified atom stereocenters. The van der Waals surface area contributed by atoms with Gasteiger partial charge in [0.05, 0.1) is 15.5 Å². The molecule has 0 saturated heterocycles. The van der Waals surface area contributed by atoms with Gasteiger partial charge in [0, 0.05) is 27.7 Å². The van der Waals surface area contributed by atoms with E-state index in [4.69, 9.17) is 11.6 Å². The van der Waals surface area contributed by atoms with Gasteiger partial charge in [0.15, 0.2) is 0 Å². The highest BCUT2D eigenvalue weighted by atomic mass is 35.5. The lowest BCUT2D eigenvalue weighted by molar-refractivity contribution is 0.0785. The SMILES string of the molecule is CN(Cc1ccccc1)C(=O)c1cc(S(=O)(=O)N(C)C)ccc1Cl. The van der Waals surface area contributed by atoms with Gasteiger partial charge in [0.1, 0.15) is 0 Å². The molecule has 0 bridgehead atoms. The first-order valence-corrected chi connectivity index (χ1v) is 9.06. The van der Waals surface area contributed by atoms with Gasteiger partial charge in [-0.2, -0.15) is 0 Å². The number of sulfonamides is 1. The van der Waals surface area contributed by atoms with Crippen molar-refractivity contribution in [1.29, 1.82) is 0 Å². The van der Waals surface area contributed by atoms with Gasteiger partial charge in [-0.05, 0) is 23.8 Å². The maximum absolute atomic E-state index is 12.7. The van der Waals surface area contributed by atoms with Crippen LogP contribution in [-0.2, 0) is 16.6 Å². The lowest BCUT2D eigenvalue weighted by Crippen LogP contribution is -2.27. The fraction of sp³-hybridized carbons (Fsp3) is 0.235. The van der Waals surface area contributed by atoms with Crippen molar-refractivity contribution in [2.45, 2.75) is 11.4 Å². The molecule has 7 heteroatoms. The van der Waals surface area contributed by atoms with Crippen molar-refractivity contribution in [3.05, 3.63) is 64.7 Å². The number of rotatable bonds is 5. The Bertz CT molecular complexity index is 836. The molecule has 24 heavy (non-hydrogen) atoms. The minimum Gasteiger partial charge on any atom is -0.337 e. The standard InChI is InChI=1S/C17H19ClN2O3S/c1-19(2)24(22,23)14-9-10-16(18)15(11-14)17(21)20(3)12-13-7-5-4-6-8-13/h4-11H,12H2,1-3H3. The first kappa shape index (κ1) is 18.4. The van der Waals surface area contributed by atoms with Crippen LogP contribution >= 0.6 is 11.6 Å². The first-order valence-electron chi connectivity index (χ1n) is 7.25. The second-order valence-electron chi connectivity index (χ2n) is 5.58. The van der Waals surface area contributed by atoms with Gasteiger partial charge in [0.25, 0.3) is 5.91 Å². The lowest BCUT2D eigenvalue weighted by Gasteiger charge is -2.19. The third-order valence-electron chi connectivity index (χ3n) is 3.56. The Morgan fingerprint density at radius 2 is 1.67 bits per heavy atom. The van der Waals surface area contributed by atoms with Crippen LogP contribution < -0.4 is 0 Å². The zero-order chi connectivity index (χ0) is 17.9. The summed E-state index contributed by atoms with van der Waals surface area (Å²) < 4.78 is 25.6. The second kappa shape index (κ2) is 7.34. The summed E-state index contributed by atoms with van der Waals surface area (Å²) in [5.74, 6) is -0.334. The average Bonchev–Trinajstić information content (AvgIpc) is 2.55. The summed E-state index contributed by atoms with van der Waals surface area (Å²) >= 11 is 6.11. The van der Waals surface area contributed by atoms with Gasteiger partial charge in [-0.15, -0.1) is 0 Å². The summed E-state index contributed by atoms with van der Waals surface area (Å²) in [7, 11) is 0.896. The largest absolute Gasteiger partial charge is 0.337 e. The summed E-state index contributed by atoms with van der Waals surface area (Å²) in [6, 6.07) is 13.7. The van der Waals surface area contributed by atoms with Gasteiger partial charge < -0.3 is 4.90 Å². The number of hydrogen-bond donors (Lipinski definition) is 0. The predicted molar refractivity (Wildman–Crippen MR) is 94.6 cm³/mol. The summed E-state index contributed by atoms with van der Waals surface area (Å²) in [6.07, 6.45) is 0. The van der Waals surface area contributed by atoms with Crippen LogP contribution in [0.2, 0.25) is 5.02 Å². The molecule has 0 N–H and O–H groups in total. The normalized spacial score (nSPS) is 11.5. The average molecular weight is 367 g/mol. The summed E-state index contributed by atoms with van der Waals surface area (Å²) in [4.78, 5) is 14.2. The lowest BCUT2D eigenvalue weighted by atomic mass is 10.1. The molecule has 0 radical (unpaired) electrons. The van der Waals surface area contributed by atoms with Crippen LogP contribution in [0.25, 0.3) is 0 Å². The minimum absolute atomic E-state index is 0.0355. The van der Waals surface area contributed by atoms with Crippen molar-refractivity contribution in [2.24, 2.45) is 0 Å². The Hall–Kier alpha value is -1.89. The van der Waals surface area contributed by atoms with Crippen molar-refractivity contribution in [3.8, 4) is 0 Å². The van der Waals surface area contributed by atoms with Gasteiger partial charge in [0.2, 0.25) is 10.0 Å². The zero-order valence-corrected chi connectivity index (χ0v) is 15.3. The van der Waals surface area contributed by atoms with Gasteiger partial charge in [-0.1, -0.05) is 41.9 Å². The molecule has 0 spiro atoms. The number of carbonyl (C=O) groups is 1. The molecule has 2 aromatic carbocycles. The Morgan fingerprint density at radius 3 is 2.25 bits per heavy atom. The molecule has 0 atom stereocenters. The van der Waals surface area contributed by atoms with E-state index in [2.05, 4.69) is 0 Å². The maximum atomic E-state index is 12.7. The van der Waals surface area contributed by atoms with Crippen molar-refractivity contribution in [3.63, 3.8) is 0 Å². The Balaban J connectivity index is 2.32. The molecule has 128 valence electrons. The molecule has 0 aliphatic rings. The Morgan fingerprint density at radius 1 is 1.04 bits per heavy atom. The molecule has 2 rings (SSSR count). The molecular formula is C17H19ClN2O3S. The van der Waals surface area contributed by atoms with E-state index in [9.17, 15) is 13.2 Å². The van der Waals surface area contributed by atoms with Crippen LogP contribution in [0.3, 0.4) is 0 Å². The molecule has 0 heterocycles. The van der Waals surface area contributed by atoms with Gasteiger partial charge in [-0.3, -0.25) is 4.79 Å². The van der Waals surface area contributed by atoms with E-state index in [0.717, 1.165) is 9.87 Å². The Labute approximate surface area is 147 Å². The number of benzene rings is 2. The number of halogens is 1. The fourth-order valence-electron chi connectivity index (χ4n) is 2.17. The highest BCUT2D eigenvalue weighted by Gasteiger charge is 2.22. The van der Waals surface area contributed by atoms with E-state index in [-0.39, 0.29) is 21.4 Å². The third-order valence-corrected chi connectivity index (χ3v) is 5.70. The molecule has 1 amide bonds. The summed E-state index contributed by atoms with van der Waals surface area (Å²) in [6.45, 7) is 0.403. The molecule has 5 nitrogen and oxygen atoms in total. The van der Waals surface area contributed by atoms with E-state index in [0.29, 0.717) is 6.54 Å². The topological polar surface area (TPSA) is 57.7 Å². The van der Waals surface area contributed by atoms with Crippen LogP contribution in [0.4, 0.5) is 0 Å². The smallest absolute Gasteiger partial charge is 0.255 e. The Kier molecular flexibility index (Phi) is 5.64. The van der Waals surface area contributed by atoms with Crippen molar-refractivity contribution < 1.29 is 13.2 Å². The molecule has 0 aliphatic heterocycles. The second-order valence-corrected chi connectivity index (χ2v) is 8.13. The van der Waals surface area contributed by atoms with Crippen LogP contribution in [0.5, 0.6) is 0 Å². The van der Waals surface area contributed by atoms with Crippen molar-refractivity contribution >= 4 is 27.5 Å². The van der Waals surface area contributed by atoms with E-state index >= 15 is 0 Å². The molecule has 0 aromatic heterocycles. The number of hydrogen-bond acceptors (Lipinski definition) is 3. The molecule has 0 aliphatic carbocycles. The maximum Gasteiger partial charge on any atom is 0.255 e. The highest BCUT2D eigenvalue weighted by molar-refractivity contribution is 7.89. The van der Waals surface area contributed by atoms with Crippen LogP contribution in [0, 0.1) is 0 Å². The van der Waals surface area contributed by atoms with Gasteiger partial charge >= 0.3 is 0 Å². The summed E-state index contributed by atoms with van der Waals surface area (Å²) in [5, 5.41) is 0.220. The fourth-order valence-corrected chi connectivity index (χ4v) is 3.30. The number of amides is 1. The van der Waals surface area contributed by atoms with E-state index < -0.39 is 10.0 Å². The third kappa shape index (κ3) is 3.95.